The smallest absolute Gasteiger partial charge is 0.261 e. The number of amides is 1. The average Bonchev–Trinajstić information content (AvgIpc) is 3.06. The van der Waals surface area contributed by atoms with Crippen LogP contribution in [0, 0.1) is 5.82 Å². The van der Waals surface area contributed by atoms with Gasteiger partial charge >= 0.3 is 0 Å². The highest BCUT2D eigenvalue weighted by molar-refractivity contribution is 7.99. The van der Waals surface area contributed by atoms with Gasteiger partial charge in [0.2, 0.25) is 0 Å². The Labute approximate surface area is 202 Å². The number of carbonyl (C=O) groups excluding carboxylic acids is 1. The maximum Gasteiger partial charge on any atom is 0.261 e. The summed E-state index contributed by atoms with van der Waals surface area (Å²) < 4.78 is 33.9. The number of nitrogens with one attached hydrogen (secondary N) is 2. The summed E-state index contributed by atoms with van der Waals surface area (Å²) in [6, 6.07) is 10.2. The van der Waals surface area contributed by atoms with Crippen LogP contribution in [0.15, 0.2) is 41.3 Å². The zero-order valence-electron chi connectivity index (χ0n) is 19.7. The van der Waals surface area contributed by atoms with E-state index in [-0.39, 0.29) is 22.4 Å². The summed E-state index contributed by atoms with van der Waals surface area (Å²) in [6.07, 6.45) is 7.49. The Morgan fingerprint density at radius 2 is 1.85 bits per heavy atom. The number of nitrogens with zero attached hydrogens (tertiary/aromatic N) is 1. The van der Waals surface area contributed by atoms with E-state index in [0.717, 1.165) is 37.1 Å². The number of halogens is 1. The molecule has 1 saturated carbocycles. The van der Waals surface area contributed by atoms with Gasteiger partial charge in [-0.05, 0) is 75.6 Å². The van der Waals surface area contributed by atoms with Crippen LogP contribution in [0.4, 0.5) is 15.8 Å². The molecule has 2 aromatic carbocycles. The second-order valence-corrected chi connectivity index (χ2v) is 11.9. The van der Waals surface area contributed by atoms with Crippen molar-refractivity contribution in [3.8, 4) is 0 Å². The minimum Gasteiger partial charge on any atom is -0.330 e. The number of rotatable bonds is 5. The molecule has 1 spiro atoms. The van der Waals surface area contributed by atoms with Gasteiger partial charge < -0.3 is 9.62 Å². The van der Waals surface area contributed by atoms with Crippen molar-refractivity contribution in [2.45, 2.75) is 68.7 Å². The second-order valence-electron chi connectivity index (χ2n) is 10.0. The minimum absolute atomic E-state index is 0.0401. The van der Waals surface area contributed by atoms with Crippen molar-refractivity contribution in [1.82, 2.24) is 4.72 Å². The lowest BCUT2D eigenvalue weighted by Gasteiger charge is -2.34. The van der Waals surface area contributed by atoms with Crippen LogP contribution in [0.25, 0.3) is 0 Å². The molecule has 0 radical (unpaired) electrons. The fourth-order valence-corrected chi connectivity index (χ4v) is 6.41. The van der Waals surface area contributed by atoms with E-state index in [2.05, 4.69) is 15.5 Å². The van der Waals surface area contributed by atoms with Gasteiger partial charge in [0.15, 0.2) is 0 Å². The monoisotopic (exact) mass is 489 g/mol. The Balaban J connectivity index is 1.71. The molecule has 1 amide bonds. The van der Waals surface area contributed by atoms with Crippen molar-refractivity contribution in [3.63, 3.8) is 0 Å². The zero-order chi connectivity index (χ0) is 23.8. The van der Waals surface area contributed by atoms with Crippen molar-refractivity contribution in [2.24, 2.45) is 0 Å². The summed E-state index contributed by atoms with van der Waals surface area (Å²) in [7, 11) is -1.55. The highest BCUT2D eigenvalue weighted by Crippen LogP contribution is 2.50. The van der Waals surface area contributed by atoms with Crippen LogP contribution in [0.3, 0.4) is 0 Å². The van der Waals surface area contributed by atoms with Crippen LogP contribution in [0.1, 0.15) is 68.8 Å². The molecular formula is C25H32FN3O2S2. The summed E-state index contributed by atoms with van der Waals surface area (Å²) in [5.41, 5.74) is 2.52. The molecule has 2 aliphatic rings. The van der Waals surface area contributed by atoms with Crippen molar-refractivity contribution >= 4 is 40.2 Å². The van der Waals surface area contributed by atoms with Crippen molar-refractivity contribution < 1.29 is 13.4 Å². The Morgan fingerprint density at radius 1 is 1.12 bits per heavy atom. The molecule has 4 rings (SSSR count). The molecule has 1 aliphatic carbocycles. The lowest BCUT2D eigenvalue weighted by atomic mass is 9.70. The summed E-state index contributed by atoms with van der Waals surface area (Å²) in [5.74, 6) is -0.972. The first-order chi connectivity index (χ1) is 15.6. The van der Waals surface area contributed by atoms with Gasteiger partial charge in [0.05, 0.1) is 10.5 Å². The fourth-order valence-electron chi connectivity index (χ4n) is 4.95. The molecule has 1 aliphatic heterocycles. The molecule has 0 bridgehead atoms. The number of hydrogen-bond donors (Lipinski definition) is 2. The first-order valence-corrected chi connectivity index (χ1v) is 13.8. The predicted octanol–water partition coefficient (Wildman–Crippen LogP) is 5.79. The normalized spacial score (nSPS) is 18.3. The molecule has 2 aromatic rings. The Hall–Kier alpha value is -1.90. The summed E-state index contributed by atoms with van der Waals surface area (Å²) in [6.45, 7) is 6.28. The SMILES string of the molecule is CSNc1ccc2c(c1)C1(CCCCC1)CN2C(=O)c1cc(S(=O)NC(C)(C)C)ccc1F. The van der Waals surface area contributed by atoms with E-state index in [1.165, 1.54) is 42.1 Å². The van der Waals surface area contributed by atoms with Crippen LogP contribution < -0.4 is 14.3 Å². The highest BCUT2D eigenvalue weighted by atomic mass is 32.2. The van der Waals surface area contributed by atoms with E-state index in [0.29, 0.717) is 11.4 Å². The number of benzene rings is 2. The third-order valence-corrected chi connectivity index (χ3v) is 8.30. The van der Waals surface area contributed by atoms with E-state index in [1.807, 2.05) is 39.2 Å². The number of fused-ring (bicyclic) bond motifs is 2. The maximum atomic E-state index is 14.9. The topological polar surface area (TPSA) is 61.4 Å². The van der Waals surface area contributed by atoms with Gasteiger partial charge in [-0.1, -0.05) is 31.2 Å². The standard InChI is InChI=1S/C25H32FN3O2S2/c1-24(2,3)28-33(31)18-9-10-21(26)19(15-18)23(30)29-16-25(12-6-5-7-13-25)20-14-17(27-32-4)8-11-22(20)29/h8-11,14-15,27-28H,5-7,12-13,16H2,1-4H3. The van der Waals surface area contributed by atoms with Gasteiger partial charge in [-0.2, -0.15) is 0 Å². The number of carbonyl (C=O) groups is 1. The van der Waals surface area contributed by atoms with E-state index in [1.54, 1.807) is 4.90 Å². The number of anilines is 2. The lowest BCUT2D eigenvalue weighted by Crippen LogP contribution is -2.39. The van der Waals surface area contributed by atoms with E-state index in [9.17, 15) is 13.4 Å². The summed E-state index contributed by atoms with van der Waals surface area (Å²) >= 11 is 1.53. The zero-order valence-corrected chi connectivity index (χ0v) is 21.3. The highest BCUT2D eigenvalue weighted by Gasteiger charge is 2.45. The van der Waals surface area contributed by atoms with Crippen LogP contribution in [-0.4, -0.2) is 28.5 Å². The molecule has 33 heavy (non-hydrogen) atoms. The van der Waals surface area contributed by atoms with Gasteiger partial charge in [-0.3, -0.25) is 4.79 Å². The van der Waals surface area contributed by atoms with Gasteiger partial charge in [-0.25, -0.2) is 13.3 Å². The third-order valence-electron chi connectivity index (χ3n) is 6.38. The molecule has 5 nitrogen and oxygen atoms in total. The average molecular weight is 490 g/mol. The van der Waals surface area contributed by atoms with E-state index < -0.39 is 16.8 Å². The van der Waals surface area contributed by atoms with Crippen molar-refractivity contribution in [3.05, 3.63) is 53.3 Å². The number of hydrogen-bond acceptors (Lipinski definition) is 4. The Bertz CT molecular complexity index is 1080. The van der Waals surface area contributed by atoms with Crippen LogP contribution in [0.2, 0.25) is 0 Å². The van der Waals surface area contributed by atoms with Crippen molar-refractivity contribution in [2.75, 3.05) is 22.4 Å². The molecule has 1 heterocycles. The van der Waals surface area contributed by atoms with Crippen LogP contribution in [0.5, 0.6) is 0 Å². The molecule has 0 saturated heterocycles. The largest absolute Gasteiger partial charge is 0.330 e. The molecule has 178 valence electrons. The summed E-state index contributed by atoms with van der Waals surface area (Å²) in [4.78, 5) is 15.8. The van der Waals surface area contributed by atoms with Crippen LogP contribution >= 0.6 is 11.9 Å². The fraction of sp³-hybridized carbons (Fsp3) is 0.480. The molecule has 1 fully saturated rings. The molecule has 0 aromatic heterocycles. The Morgan fingerprint density at radius 3 is 2.52 bits per heavy atom. The van der Waals surface area contributed by atoms with Gasteiger partial charge in [0.1, 0.15) is 16.8 Å². The first-order valence-electron chi connectivity index (χ1n) is 11.4. The summed E-state index contributed by atoms with van der Waals surface area (Å²) in [5, 5.41) is 0. The molecule has 8 heteroatoms. The predicted molar refractivity (Wildman–Crippen MR) is 136 cm³/mol. The van der Waals surface area contributed by atoms with Crippen LogP contribution in [-0.2, 0) is 16.4 Å². The van der Waals surface area contributed by atoms with Gasteiger partial charge in [0, 0.05) is 35.1 Å². The molecule has 1 unspecified atom stereocenters. The molecular weight excluding hydrogens is 457 g/mol. The quantitative estimate of drug-likeness (QED) is 0.522. The van der Waals surface area contributed by atoms with Gasteiger partial charge in [-0.15, -0.1) is 0 Å². The first kappa shape index (κ1) is 24.2. The molecule has 2 N–H and O–H groups in total. The van der Waals surface area contributed by atoms with E-state index in [4.69, 9.17) is 0 Å². The molecule has 1 atom stereocenters. The lowest BCUT2D eigenvalue weighted by molar-refractivity contribution is 0.0978. The van der Waals surface area contributed by atoms with Crippen molar-refractivity contribution in [1.29, 1.82) is 0 Å². The Kier molecular flexibility index (Phi) is 6.90. The van der Waals surface area contributed by atoms with Gasteiger partial charge in [0.25, 0.3) is 5.91 Å². The maximum absolute atomic E-state index is 14.9. The minimum atomic E-state index is -1.55. The van der Waals surface area contributed by atoms with E-state index >= 15 is 0 Å². The third kappa shape index (κ3) is 4.98. The second kappa shape index (κ2) is 9.39.